The van der Waals surface area contributed by atoms with Crippen molar-refractivity contribution in [3.05, 3.63) is 48.7 Å². The van der Waals surface area contributed by atoms with Crippen LogP contribution in [0.3, 0.4) is 0 Å². The van der Waals surface area contributed by atoms with E-state index in [1.54, 1.807) is 35.4 Å². The second kappa shape index (κ2) is 5.38. The summed E-state index contributed by atoms with van der Waals surface area (Å²) in [6, 6.07) is 6.19. The monoisotopic (exact) mass is 339 g/mol. The Morgan fingerprint density at radius 3 is 2.24 bits per heavy atom. The molecule has 25 heavy (non-hydrogen) atoms. The lowest BCUT2D eigenvalue weighted by Gasteiger charge is -2.32. The number of pyridine rings is 1. The summed E-state index contributed by atoms with van der Waals surface area (Å²) >= 11 is 0. The van der Waals surface area contributed by atoms with Crippen molar-refractivity contribution in [3.8, 4) is 5.69 Å². The fourth-order valence-electron chi connectivity index (χ4n) is 2.91. The third kappa shape index (κ3) is 2.55. The van der Waals surface area contributed by atoms with Gasteiger partial charge < -0.3 is 9.31 Å². The zero-order valence-electron chi connectivity index (χ0n) is 14.7. The van der Waals surface area contributed by atoms with Crippen LogP contribution in [0.1, 0.15) is 27.7 Å². The van der Waals surface area contributed by atoms with E-state index in [0.717, 1.165) is 22.1 Å². The summed E-state index contributed by atoms with van der Waals surface area (Å²) in [7, 11) is -0.507. The molecule has 0 N–H and O–H groups in total. The first kappa shape index (κ1) is 16.2. The van der Waals surface area contributed by atoms with Crippen molar-refractivity contribution in [3.63, 3.8) is 0 Å². The number of rotatable bonds is 2. The van der Waals surface area contributed by atoms with Crippen LogP contribution < -0.4 is 5.46 Å². The molecule has 3 heterocycles. The Balaban J connectivity index is 1.79. The minimum absolute atomic E-state index is 0.281. The Hall–Kier alpha value is -2.25. The van der Waals surface area contributed by atoms with E-state index in [0.29, 0.717) is 0 Å². The van der Waals surface area contributed by atoms with Gasteiger partial charge in [-0.05, 0) is 52.0 Å². The predicted octanol–water partition coefficient (Wildman–Crippen LogP) is 2.86. The Morgan fingerprint density at radius 2 is 1.60 bits per heavy atom. The number of nitrogens with zero attached hydrogens (tertiary/aromatic N) is 3. The van der Waals surface area contributed by atoms with Crippen LogP contribution in [0.25, 0.3) is 16.6 Å². The first-order valence-electron chi connectivity index (χ1n) is 8.22. The molecule has 0 atom stereocenters. The van der Waals surface area contributed by atoms with E-state index in [9.17, 15) is 4.39 Å². The third-order valence-electron chi connectivity index (χ3n) is 5.11. The van der Waals surface area contributed by atoms with Crippen LogP contribution in [0.5, 0.6) is 0 Å². The normalized spacial score (nSPS) is 18.8. The minimum Gasteiger partial charge on any atom is -0.399 e. The molecule has 3 aromatic rings. The quantitative estimate of drug-likeness (QED) is 0.674. The smallest absolute Gasteiger partial charge is 0.399 e. The molecule has 0 radical (unpaired) electrons. The molecular formula is C18H19BFN3O2. The summed E-state index contributed by atoms with van der Waals surface area (Å²) in [4.78, 5) is 4.33. The lowest BCUT2D eigenvalue weighted by molar-refractivity contribution is 0.00578. The highest BCUT2D eigenvalue weighted by molar-refractivity contribution is 6.65. The highest BCUT2D eigenvalue weighted by Crippen LogP contribution is 2.37. The maximum atomic E-state index is 13.2. The molecule has 1 saturated heterocycles. The lowest BCUT2D eigenvalue weighted by Crippen LogP contribution is -2.41. The number of aromatic nitrogens is 3. The Bertz CT molecular complexity index is 921. The van der Waals surface area contributed by atoms with Crippen molar-refractivity contribution < 1.29 is 13.7 Å². The Kier molecular flexibility index (Phi) is 3.49. The van der Waals surface area contributed by atoms with Crippen molar-refractivity contribution in [2.45, 2.75) is 38.9 Å². The second-order valence-corrected chi connectivity index (χ2v) is 7.28. The molecule has 1 aliphatic heterocycles. The van der Waals surface area contributed by atoms with Crippen LogP contribution in [0.2, 0.25) is 0 Å². The van der Waals surface area contributed by atoms with Gasteiger partial charge in [0, 0.05) is 17.0 Å². The van der Waals surface area contributed by atoms with Crippen LogP contribution in [0, 0.1) is 5.82 Å². The van der Waals surface area contributed by atoms with Gasteiger partial charge in [-0.15, -0.1) is 0 Å². The van der Waals surface area contributed by atoms with Gasteiger partial charge >= 0.3 is 7.12 Å². The van der Waals surface area contributed by atoms with Crippen molar-refractivity contribution in [1.29, 1.82) is 0 Å². The molecule has 2 aromatic heterocycles. The topological polar surface area (TPSA) is 49.2 Å². The summed E-state index contributed by atoms with van der Waals surface area (Å²) in [5.74, 6) is -0.281. The molecule has 1 aliphatic rings. The van der Waals surface area contributed by atoms with E-state index in [1.807, 2.05) is 27.7 Å². The van der Waals surface area contributed by atoms with Gasteiger partial charge in [0.25, 0.3) is 0 Å². The highest BCUT2D eigenvalue weighted by Gasteiger charge is 2.52. The average Bonchev–Trinajstić information content (AvgIpc) is 3.06. The number of hydrogen-bond acceptors (Lipinski definition) is 4. The number of benzene rings is 1. The minimum atomic E-state index is -0.507. The molecule has 5 nitrogen and oxygen atoms in total. The van der Waals surface area contributed by atoms with E-state index < -0.39 is 18.3 Å². The van der Waals surface area contributed by atoms with Crippen molar-refractivity contribution in [1.82, 2.24) is 14.8 Å². The SMILES string of the molecule is CC1(C)OB(c2cncc3c2cnn3-c2ccc(F)cc2)OC1(C)C. The van der Waals surface area contributed by atoms with E-state index in [1.165, 1.54) is 12.1 Å². The summed E-state index contributed by atoms with van der Waals surface area (Å²) in [6.07, 6.45) is 5.25. The molecule has 0 saturated carbocycles. The Labute approximate surface area is 145 Å². The standard InChI is InChI=1S/C18H19BFN3O2/c1-17(2)18(3,4)25-19(24-17)15-10-21-11-16-14(15)9-22-23(16)13-7-5-12(20)6-8-13/h5-11H,1-4H3. The van der Waals surface area contributed by atoms with Crippen LogP contribution >= 0.6 is 0 Å². The largest absolute Gasteiger partial charge is 0.497 e. The molecule has 0 spiro atoms. The summed E-state index contributed by atoms with van der Waals surface area (Å²) in [5, 5.41) is 5.34. The number of hydrogen-bond donors (Lipinski definition) is 0. The van der Waals surface area contributed by atoms with E-state index in [2.05, 4.69) is 10.1 Å². The first-order chi connectivity index (χ1) is 11.8. The van der Waals surface area contributed by atoms with Crippen molar-refractivity contribution in [2.24, 2.45) is 0 Å². The van der Waals surface area contributed by atoms with Gasteiger partial charge in [0.05, 0.1) is 34.8 Å². The number of fused-ring (bicyclic) bond motifs is 1. The van der Waals surface area contributed by atoms with Crippen LogP contribution in [-0.4, -0.2) is 33.1 Å². The lowest BCUT2D eigenvalue weighted by atomic mass is 9.78. The fraction of sp³-hybridized carbons (Fsp3) is 0.333. The van der Waals surface area contributed by atoms with Crippen LogP contribution in [0.15, 0.2) is 42.9 Å². The molecule has 128 valence electrons. The van der Waals surface area contributed by atoms with Crippen LogP contribution in [-0.2, 0) is 9.31 Å². The molecule has 1 aromatic carbocycles. The molecule has 4 rings (SSSR count). The number of halogens is 1. The zero-order valence-corrected chi connectivity index (χ0v) is 14.7. The van der Waals surface area contributed by atoms with Crippen molar-refractivity contribution in [2.75, 3.05) is 0 Å². The third-order valence-corrected chi connectivity index (χ3v) is 5.11. The van der Waals surface area contributed by atoms with Gasteiger partial charge in [0.2, 0.25) is 0 Å². The molecule has 1 fully saturated rings. The molecule has 7 heteroatoms. The van der Waals surface area contributed by atoms with Gasteiger partial charge in [0.15, 0.2) is 0 Å². The van der Waals surface area contributed by atoms with E-state index in [4.69, 9.17) is 9.31 Å². The van der Waals surface area contributed by atoms with Gasteiger partial charge in [-0.25, -0.2) is 9.07 Å². The molecular weight excluding hydrogens is 320 g/mol. The molecule has 0 bridgehead atoms. The van der Waals surface area contributed by atoms with Crippen LogP contribution in [0.4, 0.5) is 4.39 Å². The highest BCUT2D eigenvalue weighted by atomic mass is 19.1. The summed E-state index contributed by atoms with van der Waals surface area (Å²) < 4.78 is 27.2. The summed E-state index contributed by atoms with van der Waals surface area (Å²) in [6.45, 7) is 8.07. The van der Waals surface area contributed by atoms with E-state index in [-0.39, 0.29) is 5.82 Å². The average molecular weight is 339 g/mol. The second-order valence-electron chi connectivity index (χ2n) is 7.28. The predicted molar refractivity (Wildman–Crippen MR) is 94.5 cm³/mol. The Morgan fingerprint density at radius 1 is 0.960 bits per heavy atom. The van der Waals surface area contributed by atoms with Gasteiger partial charge in [0.1, 0.15) is 5.82 Å². The molecule has 0 unspecified atom stereocenters. The van der Waals surface area contributed by atoms with Crippen molar-refractivity contribution >= 4 is 23.5 Å². The van der Waals surface area contributed by atoms with Gasteiger partial charge in [-0.2, -0.15) is 5.10 Å². The maximum absolute atomic E-state index is 13.2. The molecule has 0 amide bonds. The fourth-order valence-corrected chi connectivity index (χ4v) is 2.91. The van der Waals surface area contributed by atoms with E-state index >= 15 is 0 Å². The summed E-state index contributed by atoms with van der Waals surface area (Å²) in [5.41, 5.74) is 1.58. The maximum Gasteiger partial charge on any atom is 0.497 e. The van der Waals surface area contributed by atoms with Gasteiger partial charge in [-0.1, -0.05) is 0 Å². The first-order valence-corrected chi connectivity index (χ1v) is 8.22. The van der Waals surface area contributed by atoms with Gasteiger partial charge in [-0.3, -0.25) is 4.98 Å². The zero-order chi connectivity index (χ0) is 17.8. The molecule has 0 aliphatic carbocycles.